The fourth-order valence-corrected chi connectivity index (χ4v) is 3.24. The molecule has 1 amide bonds. The molecule has 0 spiro atoms. The Morgan fingerprint density at radius 3 is 2.59 bits per heavy atom. The molecule has 2 aromatic heterocycles. The van der Waals surface area contributed by atoms with Crippen LogP contribution in [0.25, 0.3) is 16.4 Å². The molecule has 1 aromatic carbocycles. The maximum Gasteiger partial charge on any atom is 0.345 e. The SMILES string of the molecule is CCOC(=O)c1cnc2c3cc(NC(=O)CC(C)(C)C)ccc3c(C)cn2c1=O. The number of rotatable bonds is 4. The number of amides is 1. The molecule has 0 aliphatic rings. The van der Waals surface area contributed by atoms with Crippen molar-refractivity contribution in [3.63, 3.8) is 0 Å². The predicted octanol–water partition coefficient (Wildman–Crippen LogP) is 3.71. The topological polar surface area (TPSA) is 89.8 Å². The second kappa shape index (κ2) is 7.66. The van der Waals surface area contributed by atoms with Gasteiger partial charge in [0.2, 0.25) is 5.91 Å². The first-order valence-corrected chi connectivity index (χ1v) is 9.52. The van der Waals surface area contributed by atoms with Crippen molar-refractivity contribution in [3.8, 4) is 0 Å². The summed E-state index contributed by atoms with van der Waals surface area (Å²) in [5.74, 6) is -0.774. The lowest BCUT2D eigenvalue weighted by Gasteiger charge is -2.17. The first-order valence-electron chi connectivity index (χ1n) is 9.52. The van der Waals surface area contributed by atoms with Gasteiger partial charge in [-0.2, -0.15) is 0 Å². The Morgan fingerprint density at radius 2 is 1.93 bits per heavy atom. The van der Waals surface area contributed by atoms with Gasteiger partial charge in [-0.3, -0.25) is 14.0 Å². The average Bonchev–Trinajstić information content (AvgIpc) is 2.61. The number of esters is 1. The van der Waals surface area contributed by atoms with Gasteiger partial charge in [0.1, 0.15) is 11.2 Å². The summed E-state index contributed by atoms with van der Waals surface area (Å²) >= 11 is 0. The van der Waals surface area contributed by atoms with Gasteiger partial charge in [-0.15, -0.1) is 0 Å². The highest BCUT2D eigenvalue weighted by Gasteiger charge is 2.18. The molecule has 3 aromatic rings. The number of nitrogens with zero attached hydrogens (tertiary/aromatic N) is 2. The number of aryl methyl sites for hydroxylation is 1. The summed E-state index contributed by atoms with van der Waals surface area (Å²) in [6.07, 6.45) is 3.29. The van der Waals surface area contributed by atoms with Gasteiger partial charge in [-0.25, -0.2) is 9.78 Å². The Labute approximate surface area is 168 Å². The van der Waals surface area contributed by atoms with Crippen LogP contribution in [0.15, 0.2) is 35.4 Å². The largest absolute Gasteiger partial charge is 0.462 e. The van der Waals surface area contributed by atoms with Gasteiger partial charge in [0.25, 0.3) is 5.56 Å². The number of benzene rings is 1. The molecule has 7 heteroatoms. The minimum Gasteiger partial charge on any atom is -0.462 e. The van der Waals surface area contributed by atoms with Crippen LogP contribution in [0.3, 0.4) is 0 Å². The molecule has 0 saturated heterocycles. The minimum atomic E-state index is -0.694. The van der Waals surface area contributed by atoms with Crippen LogP contribution >= 0.6 is 0 Å². The van der Waals surface area contributed by atoms with E-state index in [4.69, 9.17) is 4.74 Å². The van der Waals surface area contributed by atoms with E-state index in [1.165, 1.54) is 10.6 Å². The predicted molar refractivity (Wildman–Crippen MR) is 112 cm³/mol. The molecule has 0 radical (unpaired) electrons. The molecule has 0 aliphatic heterocycles. The van der Waals surface area contributed by atoms with Crippen LogP contribution in [0.4, 0.5) is 5.69 Å². The van der Waals surface area contributed by atoms with Crippen LogP contribution in [-0.2, 0) is 9.53 Å². The van der Waals surface area contributed by atoms with Gasteiger partial charge in [0.15, 0.2) is 0 Å². The molecule has 3 rings (SSSR count). The smallest absolute Gasteiger partial charge is 0.345 e. The molecular formula is C22H25N3O4. The normalized spacial score (nSPS) is 11.6. The third-order valence-electron chi connectivity index (χ3n) is 4.47. The van der Waals surface area contributed by atoms with Gasteiger partial charge in [0, 0.05) is 29.9 Å². The first-order chi connectivity index (χ1) is 13.6. The van der Waals surface area contributed by atoms with E-state index in [1.54, 1.807) is 19.2 Å². The number of fused-ring (bicyclic) bond motifs is 3. The summed E-state index contributed by atoms with van der Waals surface area (Å²) in [4.78, 5) is 41.5. The van der Waals surface area contributed by atoms with Crippen LogP contribution in [0, 0.1) is 12.3 Å². The maximum absolute atomic E-state index is 12.8. The number of hydrogen-bond acceptors (Lipinski definition) is 5. The first kappa shape index (κ1) is 20.5. The minimum absolute atomic E-state index is 0.0801. The van der Waals surface area contributed by atoms with Crippen molar-refractivity contribution in [2.45, 2.75) is 41.0 Å². The maximum atomic E-state index is 12.8. The van der Waals surface area contributed by atoms with Gasteiger partial charge in [0.05, 0.1) is 6.61 Å². The fourth-order valence-electron chi connectivity index (χ4n) is 3.24. The number of aromatic nitrogens is 2. The Kier molecular flexibility index (Phi) is 5.42. The highest BCUT2D eigenvalue weighted by molar-refractivity contribution is 6.01. The lowest BCUT2D eigenvalue weighted by molar-refractivity contribution is -0.117. The zero-order chi connectivity index (χ0) is 21.3. The van der Waals surface area contributed by atoms with Crippen LogP contribution in [0.1, 0.15) is 50.0 Å². The average molecular weight is 395 g/mol. The van der Waals surface area contributed by atoms with Crippen LogP contribution < -0.4 is 10.9 Å². The number of carbonyl (C=O) groups is 2. The van der Waals surface area contributed by atoms with Crippen LogP contribution in [-0.4, -0.2) is 27.9 Å². The molecule has 2 heterocycles. The molecule has 7 nitrogen and oxygen atoms in total. The summed E-state index contributed by atoms with van der Waals surface area (Å²) in [7, 11) is 0. The summed E-state index contributed by atoms with van der Waals surface area (Å²) in [5, 5.41) is 4.53. The number of pyridine rings is 1. The number of anilines is 1. The van der Waals surface area contributed by atoms with Crippen molar-refractivity contribution in [2.75, 3.05) is 11.9 Å². The lowest BCUT2D eigenvalue weighted by Crippen LogP contribution is -2.24. The van der Waals surface area contributed by atoms with Crippen LogP contribution in [0.2, 0.25) is 0 Å². The summed E-state index contributed by atoms with van der Waals surface area (Å²) in [6.45, 7) is 9.74. The Hall–Kier alpha value is -3.22. The number of carbonyl (C=O) groups excluding carboxylic acids is 2. The van der Waals surface area contributed by atoms with Crippen molar-refractivity contribution in [2.24, 2.45) is 5.41 Å². The molecule has 0 saturated carbocycles. The van der Waals surface area contributed by atoms with Gasteiger partial charge >= 0.3 is 5.97 Å². The molecule has 1 N–H and O–H groups in total. The quantitative estimate of drug-likeness (QED) is 0.537. The second-order valence-corrected chi connectivity index (χ2v) is 8.25. The van der Waals surface area contributed by atoms with Gasteiger partial charge < -0.3 is 10.1 Å². The monoisotopic (exact) mass is 395 g/mol. The third-order valence-corrected chi connectivity index (χ3v) is 4.47. The van der Waals surface area contributed by atoms with E-state index in [9.17, 15) is 14.4 Å². The third kappa shape index (κ3) is 4.29. The number of nitrogens with one attached hydrogen (secondary N) is 1. The van der Waals surface area contributed by atoms with Crippen LogP contribution in [0.5, 0.6) is 0 Å². The Balaban J connectivity index is 2.12. The zero-order valence-corrected chi connectivity index (χ0v) is 17.3. The molecule has 152 valence electrons. The Morgan fingerprint density at radius 1 is 1.21 bits per heavy atom. The molecule has 0 unspecified atom stereocenters. The molecule has 0 fully saturated rings. The number of ether oxygens (including phenoxy) is 1. The van der Waals surface area contributed by atoms with E-state index in [2.05, 4.69) is 10.3 Å². The van der Waals surface area contributed by atoms with E-state index in [0.717, 1.165) is 10.9 Å². The lowest BCUT2D eigenvalue weighted by atomic mass is 9.92. The van der Waals surface area contributed by atoms with Crippen molar-refractivity contribution >= 4 is 34.0 Å². The highest BCUT2D eigenvalue weighted by atomic mass is 16.5. The molecule has 29 heavy (non-hydrogen) atoms. The van der Waals surface area contributed by atoms with Gasteiger partial charge in [-0.05, 0) is 42.3 Å². The highest BCUT2D eigenvalue weighted by Crippen LogP contribution is 2.26. The standard InChI is InChI=1S/C22H25N3O4/c1-6-29-21(28)17-11-23-19-16-9-14(24-18(26)10-22(3,4)5)7-8-15(16)13(2)12-25(19)20(17)27/h7-9,11-12H,6,10H2,1-5H3,(H,24,26). The summed E-state index contributed by atoms with van der Waals surface area (Å²) < 4.78 is 6.29. The van der Waals surface area contributed by atoms with Crippen molar-refractivity contribution in [3.05, 3.63) is 52.1 Å². The molecule has 0 aliphatic carbocycles. The van der Waals surface area contributed by atoms with Crippen molar-refractivity contribution in [1.82, 2.24) is 9.38 Å². The van der Waals surface area contributed by atoms with Gasteiger partial charge in [-0.1, -0.05) is 26.8 Å². The van der Waals surface area contributed by atoms with Crippen molar-refractivity contribution < 1.29 is 14.3 Å². The summed E-state index contributed by atoms with van der Waals surface area (Å²) in [5.41, 5.74) is 1.17. The fraction of sp³-hybridized carbons (Fsp3) is 0.364. The Bertz CT molecular complexity index is 1170. The molecule has 0 atom stereocenters. The van der Waals surface area contributed by atoms with E-state index in [-0.39, 0.29) is 23.5 Å². The van der Waals surface area contributed by atoms with E-state index >= 15 is 0 Å². The second-order valence-electron chi connectivity index (χ2n) is 8.25. The molecular weight excluding hydrogens is 370 g/mol. The zero-order valence-electron chi connectivity index (χ0n) is 17.3. The molecule has 0 bridgehead atoms. The van der Waals surface area contributed by atoms with Crippen molar-refractivity contribution in [1.29, 1.82) is 0 Å². The summed E-state index contributed by atoms with van der Waals surface area (Å²) in [6, 6.07) is 5.52. The number of hydrogen-bond donors (Lipinski definition) is 1. The van der Waals surface area contributed by atoms with E-state index in [1.807, 2.05) is 39.8 Å². The van der Waals surface area contributed by atoms with E-state index in [0.29, 0.717) is 23.1 Å². The van der Waals surface area contributed by atoms with E-state index < -0.39 is 11.5 Å².